The average Bonchev–Trinajstić information content (AvgIpc) is 4.16. The lowest BCUT2D eigenvalue weighted by molar-refractivity contribution is -0.221. The van der Waals surface area contributed by atoms with Gasteiger partial charge in [-0.3, -0.25) is 24.6 Å². The third kappa shape index (κ3) is 13.9. The number of fused-ring (bicyclic) bond motifs is 2. The Morgan fingerprint density at radius 3 is 1.81 bits per heavy atom. The minimum Gasteiger partial charge on any atom is -0.453 e. The fraction of sp³-hybridized carbons (Fsp3) is 0.509. The van der Waals surface area contributed by atoms with Gasteiger partial charge in [-0.15, -0.1) is 0 Å². The van der Waals surface area contributed by atoms with Crippen molar-refractivity contribution in [3.63, 3.8) is 0 Å². The van der Waals surface area contributed by atoms with Gasteiger partial charge in [0.05, 0.1) is 62.1 Å². The van der Waals surface area contributed by atoms with Gasteiger partial charge < -0.3 is 40.2 Å². The second-order valence-electron chi connectivity index (χ2n) is 20.9. The number of carbonyl (C=O) groups is 4. The SMILES string of the molecule is COC(=O)N[C@H](C(=O)N[C@@H](Cc1ccc(C#Cc2ccc(N3CC4CCC(C3)N4C3COC3)nc2)cc1)[C@@H](O)CN(Cc1c(F)cc(-c2ccn(C)n2)cc1F)NC(=O)[C@@H](NC(=O)OC)C(C)(C)C(F)(F)F)C(C)(C)C(F)(F)F. The summed E-state index contributed by atoms with van der Waals surface area (Å²) in [5.41, 5.74) is -3.21. The van der Waals surface area contributed by atoms with Crippen LogP contribution in [0.5, 0.6) is 0 Å². The largest absolute Gasteiger partial charge is 0.453 e. The van der Waals surface area contributed by atoms with Gasteiger partial charge in [0.2, 0.25) is 5.91 Å². The maximum Gasteiger partial charge on any atom is 0.407 e. The molecule has 6 atom stereocenters. The molecule has 2 aromatic carbocycles. The van der Waals surface area contributed by atoms with Gasteiger partial charge >= 0.3 is 24.5 Å². The normalized spacial score (nSPS) is 18.6. The van der Waals surface area contributed by atoms with E-state index in [4.69, 9.17) is 4.74 Å². The van der Waals surface area contributed by atoms with Crippen molar-refractivity contribution < 1.29 is 73.6 Å². The Morgan fingerprint density at radius 1 is 0.785 bits per heavy atom. The number of hydrazine groups is 1. The molecule has 2 aromatic heterocycles. The van der Waals surface area contributed by atoms with Gasteiger partial charge in [0.25, 0.3) is 5.91 Å². The number of aliphatic hydroxyl groups excluding tert-OH is 1. The van der Waals surface area contributed by atoms with Crippen molar-refractivity contribution in [2.24, 2.45) is 17.9 Å². The zero-order valence-electron chi connectivity index (χ0n) is 44.3. The molecular formula is C53H62F8N10O8. The molecule has 2 unspecified atom stereocenters. The van der Waals surface area contributed by atoms with E-state index >= 15 is 8.78 Å². The van der Waals surface area contributed by atoms with Crippen molar-refractivity contribution in [1.82, 2.24) is 46.0 Å². The highest BCUT2D eigenvalue weighted by atomic mass is 19.4. The van der Waals surface area contributed by atoms with Gasteiger partial charge in [-0.25, -0.2) is 28.4 Å². The number of pyridine rings is 1. The van der Waals surface area contributed by atoms with Crippen LogP contribution in [-0.4, -0.2) is 156 Å². The number of aryl methyl sites for hydroxylation is 1. The zero-order chi connectivity index (χ0) is 57.8. The summed E-state index contributed by atoms with van der Waals surface area (Å²) in [5.74, 6) is 1.34. The number of piperazine rings is 1. The van der Waals surface area contributed by atoms with Crippen molar-refractivity contribution in [2.75, 3.05) is 52.0 Å². The smallest absolute Gasteiger partial charge is 0.407 e. The first-order valence-corrected chi connectivity index (χ1v) is 25.1. The third-order valence-electron chi connectivity index (χ3n) is 14.7. The summed E-state index contributed by atoms with van der Waals surface area (Å²) in [7, 11) is 3.22. The number of anilines is 1. The van der Waals surface area contributed by atoms with Crippen molar-refractivity contribution in [3.8, 4) is 23.1 Å². The number of hydrogen-bond donors (Lipinski definition) is 5. The molecule has 5 N–H and O–H groups in total. The van der Waals surface area contributed by atoms with Gasteiger partial charge in [-0.05, 0) is 95.0 Å². The Bertz CT molecular complexity index is 2850. The summed E-state index contributed by atoms with van der Waals surface area (Å²) in [5, 5.41) is 22.9. The Morgan fingerprint density at radius 2 is 1.33 bits per heavy atom. The van der Waals surface area contributed by atoms with Gasteiger partial charge in [-0.2, -0.15) is 31.4 Å². The molecule has 428 valence electrons. The molecule has 3 aliphatic heterocycles. The predicted molar refractivity (Wildman–Crippen MR) is 269 cm³/mol. The Balaban J connectivity index is 1.17. The quantitative estimate of drug-likeness (QED) is 0.0458. The van der Waals surface area contributed by atoms with Gasteiger partial charge in [-0.1, -0.05) is 24.0 Å². The molecule has 3 fully saturated rings. The van der Waals surface area contributed by atoms with E-state index in [1.54, 1.807) is 25.4 Å². The molecule has 5 heterocycles. The number of halogens is 8. The van der Waals surface area contributed by atoms with Crippen molar-refractivity contribution in [2.45, 2.75) is 108 Å². The number of alkyl halides is 6. The summed E-state index contributed by atoms with van der Waals surface area (Å²) in [6.45, 7) is 3.58. The van der Waals surface area contributed by atoms with E-state index < -0.39 is 108 Å². The molecule has 0 radical (unpaired) electrons. The van der Waals surface area contributed by atoms with Gasteiger partial charge in [0.15, 0.2) is 0 Å². The Labute approximate surface area is 450 Å². The molecule has 0 spiro atoms. The molecule has 2 bridgehead atoms. The highest BCUT2D eigenvalue weighted by Gasteiger charge is 2.57. The van der Waals surface area contributed by atoms with Crippen LogP contribution in [0.25, 0.3) is 11.3 Å². The number of aliphatic hydroxyl groups is 1. The van der Waals surface area contributed by atoms with Crippen molar-refractivity contribution >= 4 is 29.8 Å². The summed E-state index contributed by atoms with van der Waals surface area (Å²) in [6.07, 6.45) is -10.3. The first kappa shape index (κ1) is 59.6. The molecule has 79 heavy (non-hydrogen) atoms. The lowest BCUT2D eigenvalue weighted by Gasteiger charge is -2.47. The minimum absolute atomic E-state index is 0.0291. The Kier molecular flexibility index (Phi) is 18.2. The first-order chi connectivity index (χ1) is 37.1. The lowest BCUT2D eigenvalue weighted by Crippen LogP contribution is -2.63. The molecule has 0 aliphatic carbocycles. The monoisotopic (exact) mass is 1120 g/mol. The number of hydrogen-bond acceptors (Lipinski definition) is 13. The second-order valence-corrected chi connectivity index (χ2v) is 20.9. The number of methoxy groups -OCH3 is 2. The molecule has 3 saturated heterocycles. The maximum absolute atomic E-state index is 16.0. The summed E-state index contributed by atoms with van der Waals surface area (Å²) in [6, 6.07) is 7.92. The number of alkyl carbamates (subject to hydrolysis) is 2. The van der Waals surface area contributed by atoms with Crippen molar-refractivity contribution in [3.05, 3.63) is 101 Å². The number of amides is 4. The highest BCUT2D eigenvalue weighted by Crippen LogP contribution is 2.42. The first-order valence-electron chi connectivity index (χ1n) is 25.1. The topological polar surface area (TPSA) is 205 Å². The van der Waals surface area contributed by atoms with Crippen LogP contribution in [0.3, 0.4) is 0 Å². The highest BCUT2D eigenvalue weighted by molar-refractivity contribution is 5.87. The van der Waals surface area contributed by atoms with E-state index in [-0.39, 0.29) is 11.3 Å². The van der Waals surface area contributed by atoms with Crippen LogP contribution in [0, 0.1) is 34.3 Å². The predicted octanol–water partition coefficient (Wildman–Crippen LogP) is 5.76. The van der Waals surface area contributed by atoms with Gasteiger partial charge in [0, 0.05) is 80.0 Å². The number of aromatic nitrogens is 3. The fourth-order valence-corrected chi connectivity index (χ4v) is 9.65. The van der Waals surface area contributed by atoms with Crippen LogP contribution < -0.4 is 26.3 Å². The maximum atomic E-state index is 16.0. The molecular weight excluding hydrogens is 1060 g/mol. The van der Waals surface area contributed by atoms with Crippen LogP contribution in [0.1, 0.15) is 62.8 Å². The summed E-state index contributed by atoms with van der Waals surface area (Å²) >= 11 is 0. The number of nitrogens with zero attached hydrogens (tertiary/aromatic N) is 6. The van der Waals surface area contributed by atoms with Crippen LogP contribution in [-0.2, 0) is 43.8 Å². The number of benzene rings is 2. The molecule has 3 aliphatic rings. The molecule has 7 rings (SSSR count). The number of ether oxygens (including phenoxy) is 3. The fourth-order valence-electron chi connectivity index (χ4n) is 9.65. The molecule has 4 amide bonds. The van der Waals surface area contributed by atoms with E-state index in [9.17, 15) is 50.6 Å². The molecule has 0 saturated carbocycles. The number of nitrogens with one attached hydrogen (secondary N) is 4. The van der Waals surface area contributed by atoms with E-state index in [2.05, 4.69) is 51.9 Å². The average molecular weight is 1120 g/mol. The zero-order valence-corrected chi connectivity index (χ0v) is 44.3. The molecule has 18 nitrogen and oxygen atoms in total. The van der Waals surface area contributed by atoms with Crippen LogP contribution in [0.4, 0.5) is 50.5 Å². The Hall–Kier alpha value is -7.08. The van der Waals surface area contributed by atoms with E-state index in [0.29, 0.717) is 67.5 Å². The van der Waals surface area contributed by atoms with E-state index in [1.165, 1.54) is 29.1 Å². The van der Waals surface area contributed by atoms with Crippen LogP contribution in [0.2, 0.25) is 0 Å². The van der Waals surface area contributed by atoms with Gasteiger partial charge in [0.1, 0.15) is 29.5 Å². The molecule has 4 aromatic rings. The van der Waals surface area contributed by atoms with E-state index in [0.717, 1.165) is 71.3 Å². The standard InChI is InChI=1S/C53H62F8N10O8/c1-50(2,52(56,57)58)44(64-48(75)77-6)46(73)63-41(20-31-11-8-30(9-12-31)10-13-32-14-17-43(62-23-32)69-24-34-15-16-35(25-69)71(34)36-28-79-29-36)42(72)27-70(67-47(74)45(65-49(76)78-7)51(3,4)53(59,60)61)26-37-38(54)21-33(22-39(37)55)40-18-19-68(5)66-40/h8-9,11-12,14,17-19,21-23,34-36,41-42,44-45,72H,15-16,20,24-29H2,1-7H3,(H,63,73)(H,64,75)(H,65,76)(H,67,74)/t34?,35?,41-,42-,44+,45+/m0/s1. The summed E-state index contributed by atoms with van der Waals surface area (Å²) in [4.78, 5) is 62.5. The minimum atomic E-state index is -5.18. The molecule has 26 heteroatoms. The van der Waals surface area contributed by atoms with Crippen LogP contribution >= 0.6 is 0 Å². The lowest BCUT2D eigenvalue weighted by atomic mass is 9.82. The summed E-state index contributed by atoms with van der Waals surface area (Å²) < 4.78 is 135. The van der Waals surface area contributed by atoms with Crippen molar-refractivity contribution in [1.29, 1.82) is 0 Å². The van der Waals surface area contributed by atoms with E-state index in [1.807, 2.05) is 22.8 Å². The number of rotatable bonds is 18. The van der Waals surface area contributed by atoms with Crippen LogP contribution in [0.15, 0.2) is 67.0 Å². The second kappa shape index (κ2) is 24.1. The number of carbonyl (C=O) groups excluding carboxylic acids is 4. The third-order valence-corrected chi connectivity index (χ3v) is 14.7.